The van der Waals surface area contributed by atoms with Crippen molar-refractivity contribution >= 4 is 13.7 Å². The zero-order chi connectivity index (χ0) is 47.8. The first kappa shape index (κ1) is 61.9. The molecule has 3 atom stereocenters. The lowest BCUT2D eigenvalue weighted by atomic mass is 10.1. The Bertz CT molecular complexity index is 1460. The lowest BCUT2D eigenvalue weighted by Crippen LogP contribution is -2.45. The van der Waals surface area contributed by atoms with Crippen molar-refractivity contribution in [3.05, 3.63) is 122 Å². The number of phosphoric ester groups is 1. The van der Waals surface area contributed by atoms with Gasteiger partial charge >= 0.3 is 0 Å². The summed E-state index contributed by atoms with van der Waals surface area (Å²) in [4.78, 5) is 25.4. The van der Waals surface area contributed by atoms with Gasteiger partial charge in [0.05, 0.1) is 39.9 Å². The topological polar surface area (TPSA) is 108 Å². The van der Waals surface area contributed by atoms with E-state index < -0.39 is 26.6 Å². The number of aliphatic hydroxyl groups excluding tert-OH is 1. The Morgan fingerprint density at radius 1 is 0.554 bits per heavy atom. The highest BCUT2D eigenvalue weighted by Crippen LogP contribution is 2.38. The molecule has 3 unspecified atom stereocenters. The Kier molecular flexibility index (Phi) is 43.8. The average Bonchev–Trinajstić information content (AvgIpc) is 3.26. The minimum atomic E-state index is -4.62. The average molecular weight is 923 g/mol. The third-order valence-electron chi connectivity index (χ3n) is 10.4. The summed E-state index contributed by atoms with van der Waals surface area (Å²) in [7, 11) is 1.20. The molecule has 1 amide bonds. The van der Waals surface area contributed by atoms with Gasteiger partial charge in [-0.25, -0.2) is 0 Å². The summed E-state index contributed by atoms with van der Waals surface area (Å²) < 4.78 is 23.2. The fourth-order valence-corrected chi connectivity index (χ4v) is 7.14. The summed E-state index contributed by atoms with van der Waals surface area (Å²) in [6.07, 6.45) is 68.3. The van der Waals surface area contributed by atoms with Crippen molar-refractivity contribution in [1.82, 2.24) is 5.32 Å². The molecule has 0 fully saturated rings. The molecule has 370 valence electrons. The Balaban J connectivity index is 4.39. The molecule has 8 nitrogen and oxygen atoms in total. The van der Waals surface area contributed by atoms with Crippen LogP contribution >= 0.6 is 7.82 Å². The first-order valence-electron chi connectivity index (χ1n) is 25.4. The quantitative estimate of drug-likeness (QED) is 0.0273. The second-order valence-electron chi connectivity index (χ2n) is 17.8. The maximum absolute atomic E-state index is 12.9. The van der Waals surface area contributed by atoms with Crippen molar-refractivity contribution in [3.63, 3.8) is 0 Å². The number of hydrogen-bond acceptors (Lipinski definition) is 6. The smallest absolute Gasteiger partial charge is 0.268 e. The van der Waals surface area contributed by atoms with Gasteiger partial charge in [0.2, 0.25) is 5.91 Å². The first-order chi connectivity index (χ1) is 31.5. The van der Waals surface area contributed by atoms with E-state index in [0.29, 0.717) is 23.9 Å². The van der Waals surface area contributed by atoms with Crippen molar-refractivity contribution in [2.45, 2.75) is 187 Å². The third-order valence-corrected chi connectivity index (χ3v) is 11.4. The van der Waals surface area contributed by atoms with Gasteiger partial charge in [-0.3, -0.25) is 9.36 Å². The maximum atomic E-state index is 12.9. The predicted octanol–water partition coefficient (Wildman–Crippen LogP) is 14.4. The minimum absolute atomic E-state index is 0.0190. The molecule has 0 radical (unpaired) electrons. The SMILES string of the molecule is CC/C=C\C/C=C\C/C=C\C/C=C\C/C=C\C/C=C\C/C=C\C/C=C\CCCCCCC(=O)NC(COP(=O)([O-])OCC[N+](C)(C)C)C(O)/C=C/CC/C=C/CCCCCCCCCC. The zero-order valence-electron chi connectivity index (χ0n) is 41.9. The number of likely N-dealkylation sites (N-methyl/N-ethyl adjacent to an activating group) is 1. The van der Waals surface area contributed by atoms with Crippen LogP contribution in [-0.4, -0.2) is 68.5 Å². The molecule has 0 aromatic rings. The second kappa shape index (κ2) is 46.0. The molecule has 0 spiro atoms. The van der Waals surface area contributed by atoms with Gasteiger partial charge in [0, 0.05) is 6.42 Å². The highest BCUT2D eigenvalue weighted by atomic mass is 31.2. The van der Waals surface area contributed by atoms with Crippen LogP contribution in [0.5, 0.6) is 0 Å². The molecule has 2 N–H and O–H groups in total. The fraction of sp³-hybridized carbons (Fsp3) is 0.625. The summed E-state index contributed by atoms with van der Waals surface area (Å²) >= 11 is 0. The van der Waals surface area contributed by atoms with Crippen LogP contribution in [0.1, 0.15) is 174 Å². The maximum Gasteiger partial charge on any atom is 0.268 e. The fourth-order valence-electron chi connectivity index (χ4n) is 6.42. The molecule has 0 saturated carbocycles. The van der Waals surface area contributed by atoms with Crippen molar-refractivity contribution < 1.29 is 32.9 Å². The summed E-state index contributed by atoms with van der Waals surface area (Å²) in [6.45, 7) is 4.45. The van der Waals surface area contributed by atoms with Crippen molar-refractivity contribution in [3.8, 4) is 0 Å². The molecule has 65 heavy (non-hydrogen) atoms. The van der Waals surface area contributed by atoms with Gasteiger partial charge in [0.25, 0.3) is 7.82 Å². The van der Waals surface area contributed by atoms with Crippen molar-refractivity contribution in [2.75, 3.05) is 40.9 Å². The molecule has 0 aliphatic carbocycles. The molecule has 0 aliphatic heterocycles. The number of carbonyl (C=O) groups is 1. The van der Waals surface area contributed by atoms with Crippen molar-refractivity contribution in [2.24, 2.45) is 0 Å². The summed E-state index contributed by atoms with van der Waals surface area (Å²) in [5.74, 6) is -0.239. The second-order valence-corrected chi connectivity index (χ2v) is 19.2. The van der Waals surface area contributed by atoms with E-state index in [1.807, 2.05) is 27.2 Å². The van der Waals surface area contributed by atoms with Gasteiger partial charge in [-0.1, -0.05) is 193 Å². The van der Waals surface area contributed by atoms with Crippen LogP contribution in [0.4, 0.5) is 0 Å². The first-order valence-corrected chi connectivity index (χ1v) is 26.9. The van der Waals surface area contributed by atoms with Crippen LogP contribution in [-0.2, 0) is 18.4 Å². The van der Waals surface area contributed by atoms with E-state index in [4.69, 9.17) is 9.05 Å². The van der Waals surface area contributed by atoms with Gasteiger partial charge < -0.3 is 28.8 Å². The Morgan fingerprint density at radius 3 is 1.43 bits per heavy atom. The number of hydrogen-bond donors (Lipinski definition) is 2. The molecular formula is C56H95N2O6P. The number of aliphatic hydroxyl groups is 1. The highest BCUT2D eigenvalue weighted by Gasteiger charge is 2.23. The van der Waals surface area contributed by atoms with E-state index in [1.54, 1.807) is 6.08 Å². The van der Waals surface area contributed by atoms with Gasteiger partial charge in [-0.15, -0.1) is 0 Å². The van der Waals surface area contributed by atoms with Gasteiger partial charge in [0.1, 0.15) is 13.2 Å². The number of carbonyl (C=O) groups excluding carboxylic acids is 1. The van der Waals surface area contributed by atoms with E-state index in [1.165, 1.54) is 51.4 Å². The number of amides is 1. The third kappa shape index (κ3) is 48.6. The van der Waals surface area contributed by atoms with Crippen LogP contribution in [0.2, 0.25) is 0 Å². The molecular weight excluding hydrogens is 828 g/mol. The van der Waals surface area contributed by atoms with Crippen LogP contribution < -0.4 is 10.2 Å². The van der Waals surface area contributed by atoms with E-state index in [0.717, 1.165) is 96.3 Å². The van der Waals surface area contributed by atoms with Crippen molar-refractivity contribution in [1.29, 1.82) is 0 Å². The van der Waals surface area contributed by atoms with Crippen LogP contribution in [0.15, 0.2) is 122 Å². The number of allylic oxidation sites excluding steroid dienone is 19. The predicted molar refractivity (Wildman–Crippen MR) is 279 cm³/mol. The number of unbranched alkanes of at least 4 members (excludes halogenated alkanes) is 13. The van der Waals surface area contributed by atoms with Gasteiger partial charge in [0.15, 0.2) is 0 Å². The Labute approximate surface area is 399 Å². The zero-order valence-corrected chi connectivity index (χ0v) is 42.8. The molecule has 0 bridgehead atoms. The Morgan fingerprint density at radius 2 is 0.954 bits per heavy atom. The lowest BCUT2D eigenvalue weighted by Gasteiger charge is -2.29. The normalized spacial score (nSPS) is 15.1. The summed E-state index contributed by atoms with van der Waals surface area (Å²) in [5.41, 5.74) is 0. The lowest BCUT2D eigenvalue weighted by molar-refractivity contribution is -0.870. The summed E-state index contributed by atoms with van der Waals surface area (Å²) in [6, 6.07) is -0.926. The number of rotatable bonds is 44. The largest absolute Gasteiger partial charge is 0.756 e. The number of nitrogens with one attached hydrogen (secondary N) is 1. The van der Waals surface area contributed by atoms with Gasteiger partial charge in [-0.2, -0.15) is 0 Å². The minimum Gasteiger partial charge on any atom is -0.756 e. The van der Waals surface area contributed by atoms with E-state index in [2.05, 4.69) is 129 Å². The number of phosphoric acid groups is 1. The molecule has 0 aromatic heterocycles. The molecule has 0 aliphatic rings. The van der Waals surface area contributed by atoms with Crippen LogP contribution in [0.25, 0.3) is 0 Å². The van der Waals surface area contributed by atoms with E-state index in [9.17, 15) is 19.4 Å². The summed E-state index contributed by atoms with van der Waals surface area (Å²) in [5, 5.41) is 13.8. The van der Waals surface area contributed by atoms with Crippen LogP contribution in [0.3, 0.4) is 0 Å². The van der Waals surface area contributed by atoms with E-state index >= 15 is 0 Å². The molecule has 9 heteroatoms. The Hall–Kier alpha value is -3.10. The molecule has 0 aromatic carbocycles. The van der Waals surface area contributed by atoms with Gasteiger partial charge in [-0.05, 0) is 96.3 Å². The monoisotopic (exact) mass is 923 g/mol. The molecule has 0 heterocycles. The van der Waals surface area contributed by atoms with Crippen LogP contribution in [0, 0.1) is 0 Å². The molecule has 0 saturated heterocycles. The number of quaternary nitrogens is 1. The standard InChI is InChI=1S/C56H95N2O6P/c1-6-8-10-12-14-16-18-20-22-23-24-25-26-27-28-29-30-31-32-33-34-35-36-38-40-42-44-46-48-50-56(60)57-54(53-64-65(61,62)63-52-51-58(3,4)5)55(59)49-47-45-43-41-39-37-21-19-17-15-13-11-9-7-2/h8,10,14,16,20,22,24-25,27-28,30-31,33-34,36,38-39,41,47,49,54-55,59H,6-7,9,11-13,15,17-19,21,23,26,29,32,35,37,40,42-46,48,50-53H2,1-5H3,(H-,57,60,61,62)/b10-8-,16-14-,22-20-,25-24-,28-27-,31-30-,34-33-,38-36-,41-39+,49-47+. The van der Waals surface area contributed by atoms with E-state index in [-0.39, 0.29) is 12.5 Å². The highest BCUT2D eigenvalue weighted by molar-refractivity contribution is 7.45. The number of nitrogens with zero attached hydrogens (tertiary/aromatic N) is 1. The molecule has 0 rings (SSSR count).